The number of anilines is 1. The van der Waals surface area contributed by atoms with Gasteiger partial charge in [0.1, 0.15) is 13.2 Å². The molecule has 3 N–H and O–H groups in total. The first-order valence-electron chi connectivity index (χ1n) is 19.7. The third-order valence-electron chi connectivity index (χ3n) is 11.1. The van der Waals surface area contributed by atoms with Crippen molar-refractivity contribution in [1.82, 2.24) is 5.32 Å². The van der Waals surface area contributed by atoms with Gasteiger partial charge in [-0.25, -0.2) is 4.79 Å². The molecule has 1 aliphatic carbocycles. The maximum atomic E-state index is 12.2. The fourth-order valence-electron chi connectivity index (χ4n) is 8.16. The summed E-state index contributed by atoms with van der Waals surface area (Å²) in [5.74, 6) is -0.993. The summed E-state index contributed by atoms with van der Waals surface area (Å²) in [6.45, 7) is 15.8. The van der Waals surface area contributed by atoms with Crippen LogP contribution in [0.4, 0.5) is 11.4 Å². The minimum absolute atomic E-state index is 0.164. The Labute approximate surface area is 339 Å². The van der Waals surface area contributed by atoms with Gasteiger partial charge in [-0.2, -0.15) is 21.4 Å². The zero-order valence-electron chi connectivity index (χ0n) is 33.9. The highest BCUT2D eigenvalue weighted by molar-refractivity contribution is 7.86. The molecule has 0 unspecified atom stereocenters. The van der Waals surface area contributed by atoms with Gasteiger partial charge in [-0.05, 0) is 88.1 Å². The van der Waals surface area contributed by atoms with Crippen molar-refractivity contribution < 1.29 is 40.0 Å². The quantitative estimate of drug-likeness (QED) is 0.0448. The molecule has 11 nitrogen and oxygen atoms in total. The van der Waals surface area contributed by atoms with Crippen molar-refractivity contribution in [2.24, 2.45) is 0 Å². The predicted octanol–water partition coefficient (Wildman–Crippen LogP) is 7.71. The van der Waals surface area contributed by atoms with E-state index in [2.05, 4.69) is 97.6 Å². The van der Waals surface area contributed by atoms with Gasteiger partial charge in [0.25, 0.3) is 20.2 Å². The van der Waals surface area contributed by atoms with Crippen LogP contribution in [0, 0.1) is 0 Å². The molecule has 0 atom stereocenters. The lowest BCUT2D eigenvalue weighted by molar-refractivity contribution is -0.438. The molecule has 0 aromatic heterocycles. The van der Waals surface area contributed by atoms with Crippen LogP contribution in [0.2, 0.25) is 0 Å². The maximum absolute atomic E-state index is 12.2. The first-order chi connectivity index (χ1) is 26.8. The maximum Gasteiger partial charge on any atom is 0.333 e. The summed E-state index contributed by atoms with van der Waals surface area (Å²) in [6.07, 6.45) is 13.1. The summed E-state index contributed by atoms with van der Waals surface area (Å²) in [5.41, 5.74) is 9.59. The number of carbonyl (C=O) groups excluding carboxylic acids is 1. The molecule has 0 saturated heterocycles. The minimum atomic E-state index is -4.04. The average molecular weight is 821 g/mol. The molecule has 5 rings (SSSR count). The van der Waals surface area contributed by atoms with E-state index in [9.17, 15) is 30.7 Å². The van der Waals surface area contributed by atoms with Crippen LogP contribution in [0.25, 0.3) is 0 Å². The third-order valence-corrected chi connectivity index (χ3v) is 12.7. The van der Waals surface area contributed by atoms with Crippen molar-refractivity contribution in [2.75, 3.05) is 42.6 Å². The largest absolute Gasteiger partial charge is 0.460 e. The minimum Gasteiger partial charge on any atom is -0.460 e. The first kappa shape index (κ1) is 43.8. The van der Waals surface area contributed by atoms with E-state index < -0.39 is 26.2 Å². The summed E-state index contributed by atoms with van der Waals surface area (Å²) >= 11 is 0. The van der Waals surface area contributed by atoms with Gasteiger partial charge < -0.3 is 15.0 Å². The number of ether oxygens (including phenoxy) is 1. The topological polar surface area (TPSA) is 153 Å². The number of rotatable bonds is 18. The molecule has 308 valence electrons. The highest BCUT2D eigenvalue weighted by atomic mass is 32.2. The Morgan fingerprint density at radius 3 is 2.21 bits per heavy atom. The van der Waals surface area contributed by atoms with Gasteiger partial charge in [-0.3, -0.25) is 9.11 Å². The molecule has 2 aliphatic heterocycles. The summed E-state index contributed by atoms with van der Waals surface area (Å²) < 4.78 is 72.1. The van der Waals surface area contributed by atoms with E-state index in [4.69, 9.17) is 4.74 Å². The molecule has 0 radical (unpaired) electrons. The smallest absolute Gasteiger partial charge is 0.333 e. The van der Waals surface area contributed by atoms with Crippen molar-refractivity contribution in [1.29, 1.82) is 0 Å². The van der Waals surface area contributed by atoms with Gasteiger partial charge in [0.2, 0.25) is 5.69 Å². The molecule has 2 aromatic carbocycles. The van der Waals surface area contributed by atoms with Crippen LogP contribution in [0.15, 0.2) is 108 Å². The number of fused-ring (bicyclic) bond motifs is 2. The lowest BCUT2D eigenvalue weighted by Crippen LogP contribution is -2.28. The van der Waals surface area contributed by atoms with Gasteiger partial charge in [0.15, 0.2) is 5.71 Å². The molecule has 13 heteroatoms. The number of esters is 1. The Balaban J connectivity index is 1.53. The number of hydrogen-bond donors (Lipinski definition) is 3. The van der Waals surface area contributed by atoms with Crippen LogP contribution in [-0.4, -0.2) is 79.9 Å². The van der Waals surface area contributed by atoms with Gasteiger partial charge >= 0.3 is 5.97 Å². The number of carbonyl (C=O) groups is 1. The monoisotopic (exact) mass is 820 g/mol. The Morgan fingerprint density at radius 2 is 1.53 bits per heavy atom. The third kappa shape index (κ3) is 10.8. The molecule has 3 aliphatic rings. The van der Waals surface area contributed by atoms with E-state index in [1.807, 2.05) is 24.3 Å². The Hall–Kier alpha value is -4.30. The number of para-hydroxylation sites is 2. The van der Waals surface area contributed by atoms with Crippen LogP contribution in [-0.2, 0) is 40.6 Å². The Kier molecular flexibility index (Phi) is 13.9. The molecule has 57 heavy (non-hydrogen) atoms. The van der Waals surface area contributed by atoms with Gasteiger partial charge in [0, 0.05) is 65.3 Å². The predicted molar refractivity (Wildman–Crippen MR) is 227 cm³/mol. The van der Waals surface area contributed by atoms with E-state index in [-0.39, 0.29) is 28.9 Å². The number of unbranched alkanes of at least 4 members (excludes halogenated alkanes) is 2. The zero-order chi connectivity index (χ0) is 41.6. The lowest BCUT2D eigenvalue weighted by Gasteiger charge is -2.28. The Bertz CT molecular complexity index is 2250. The van der Waals surface area contributed by atoms with Crippen LogP contribution >= 0.6 is 0 Å². The molecule has 0 spiro atoms. The lowest BCUT2D eigenvalue weighted by atomic mass is 9.81. The van der Waals surface area contributed by atoms with E-state index >= 15 is 0 Å². The SMILES string of the molecule is C=C(C)C(=O)OCCNC1=C(/C=C/C2=[N+](CCCCS(=O)(=O)O)c3ccccc3C2(C)C)CCC/C1=C\C=C1\N(CCCCS(=O)(=O)O)c2ccccc2C1(C)C. The van der Waals surface area contributed by atoms with Crippen molar-refractivity contribution in [3.63, 3.8) is 0 Å². The molecule has 0 saturated carbocycles. The van der Waals surface area contributed by atoms with E-state index in [0.717, 1.165) is 58.9 Å². The van der Waals surface area contributed by atoms with Gasteiger partial charge in [-0.1, -0.05) is 69.0 Å². The molecule has 0 amide bonds. The highest BCUT2D eigenvalue weighted by Crippen LogP contribution is 2.48. The number of nitrogens with one attached hydrogen (secondary N) is 1. The molecule has 0 fully saturated rings. The number of allylic oxidation sites excluding steroid dienone is 7. The molecule has 0 bridgehead atoms. The number of nitrogens with zero attached hydrogens (tertiary/aromatic N) is 2. The second-order valence-electron chi connectivity index (χ2n) is 16.1. The summed E-state index contributed by atoms with van der Waals surface area (Å²) in [5, 5.41) is 3.60. The summed E-state index contributed by atoms with van der Waals surface area (Å²) in [4.78, 5) is 14.4. The van der Waals surface area contributed by atoms with Crippen LogP contribution in [0.5, 0.6) is 0 Å². The van der Waals surface area contributed by atoms with Crippen molar-refractivity contribution >= 4 is 43.3 Å². The molecular formula is C44H58N3O8S2+. The second kappa shape index (κ2) is 18.1. The summed E-state index contributed by atoms with van der Waals surface area (Å²) in [7, 11) is -8.08. The standard InChI is InChI=1S/C44H57N3O8S2/c1-32(2)42(48)55-29-26-45-41-33(22-24-39-43(3,4)35-18-7-9-20-37(35)46(39)27-11-13-30-56(49,50)51)16-15-17-34(41)23-25-40-44(5,6)36-19-8-10-21-38(36)47(40)28-12-14-31-57(52,53)54/h7-10,18-25H,1,11-17,26-31H2,2-6H3,(H2,49,50,51,52,53,54)/p+1/b33-22+,39-24+. The van der Waals surface area contributed by atoms with Crippen molar-refractivity contribution in [3.8, 4) is 0 Å². The highest BCUT2D eigenvalue weighted by Gasteiger charge is 2.44. The first-order valence-corrected chi connectivity index (χ1v) is 22.9. The van der Waals surface area contributed by atoms with Crippen molar-refractivity contribution in [3.05, 3.63) is 119 Å². The fraction of sp³-hybridized carbons (Fsp3) is 0.455. The number of benzene rings is 2. The van der Waals surface area contributed by atoms with Gasteiger partial charge in [-0.15, -0.1) is 0 Å². The zero-order valence-corrected chi connectivity index (χ0v) is 35.5. The molecular weight excluding hydrogens is 763 g/mol. The normalized spacial score (nSPS) is 19.1. The van der Waals surface area contributed by atoms with Crippen LogP contribution in [0.3, 0.4) is 0 Å². The van der Waals surface area contributed by atoms with E-state index in [1.165, 1.54) is 11.1 Å². The van der Waals surface area contributed by atoms with Crippen LogP contribution < -0.4 is 10.2 Å². The van der Waals surface area contributed by atoms with Crippen molar-refractivity contribution in [2.45, 2.75) is 90.4 Å². The average Bonchev–Trinajstić information content (AvgIpc) is 3.49. The molecule has 2 aromatic rings. The summed E-state index contributed by atoms with van der Waals surface area (Å²) in [6, 6.07) is 16.5. The fourth-order valence-corrected chi connectivity index (χ4v) is 9.30. The van der Waals surface area contributed by atoms with E-state index in [1.54, 1.807) is 6.92 Å². The van der Waals surface area contributed by atoms with Crippen LogP contribution in [0.1, 0.15) is 90.7 Å². The molecule has 2 heterocycles. The number of hydrogen-bond acceptors (Lipinski definition) is 8. The van der Waals surface area contributed by atoms with E-state index in [0.29, 0.717) is 50.9 Å². The Morgan fingerprint density at radius 1 is 0.877 bits per heavy atom. The van der Waals surface area contributed by atoms with Gasteiger partial charge in [0.05, 0.1) is 16.9 Å². The second-order valence-corrected chi connectivity index (χ2v) is 19.3.